The first kappa shape index (κ1) is 25.8. The third-order valence-corrected chi connectivity index (χ3v) is 8.89. The Bertz CT molecular complexity index is 1390. The highest BCUT2D eigenvalue weighted by molar-refractivity contribution is 5.83. The molecule has 0 spiro atoms. The molecule has 0 fully saturated rings. The van der Waals surface area contributed by atoms with Crippen molar-refractivity contribution in [3.8, 4) is 11.1 Å². The van der Waals surface area contributed by atoms with Crippen molar-refractivity contribution in [1.29, 1.82) is 0 Å². The summed E-state index contributed by atoms with van der Waals surface area (Å²) in [4.78, 5) is 0. The van der Waals surface area contributed by atoms with E-state index in [0.717, 1.165) is 0 Å². The molecule has 0 radical (unpaired) electrons. The molecule has 2 aliphatic carbocycles. The lowest BCUT2D eigenvalue weighted by Crippen LogP contribution is -2.29. The van der Waals surface area contributed by atoms with Crippen LogP contribution in [0.3, 0.4) is 0 Å². The molecule has 0 saturated carbocycles. The van der Waals surface area contributed by atoms with Gasteiger partial charge >= 0.3 is 0 Å². The minimum absolute atomic E-state index is 0.0570. The maximum absolute atomic E-state index is 2.48. The van der Waals surface area contributed by atoms with Crippen LogP contribution in [-0.4, -0.2) is 0 Å². The van der Waals surface area contributed by atoms with E-state index in [1.807, 2.05) is 0 Å². The lowest BCUT2D eigenvalue weighted by Gasteiger charge is -2.41. The van der Waals surface area contributed by atoms with E-state index in [0.29, 0.717) is 11.8 Å². The first-order valence-electron chi connectivity index (χ1n) is 13.9. The number of benzene rings is 3. The summed E-state index contributed by atoms with van der Waals surface area (Å²) >= 11 is 0. The highest BCUT2D eigenvalue weighted by Crippen LogP contribution is 2.59. The number of rotatable bonds is 3. The van der Waals surface area contributed by atoms with E-state index in [4.69, 9.17) is 0 Å². The van der Waals surface area contributed by atoms with Crippen LogP contribution in [-0.2, 0) is 10.8 Å². The van der Waals surface area contributed by atoms with E-state index in [9.17, 15) is 0 Å². The van der Waals surface area contributed by atoms with E-state index in [1.165, 1.54) is 55.7 Å². The number of fused-ring (bicyclic) bond motifs is 2. The minimum Gasteiger partial charge on any atom is -0.0646 e. The van der Waals surface area contributed by atoms with Crippen molar-refractivity contribution in [2.75, 3.05) is 0 Å². The highest BCUT2D eigenvalue weighted by Gasteiger charge is 2.45. The van der Waals surface area contributed by atoms with Gasteiger partial charge in [-0.1, -0.05) is 139 Å². The second-order valence-corrected chi connectivity index (χ2v) is 14.2. The Morgan fingerprint density at radius 1 is 0.568 bits per heavy atom. The quantitative estimate of drug-likeness (QED) is 0.344. The molecule has 0 bridgehead atoms. The highest BCUT2D eigenvalue weighted by atomic mass is 14.5. The SMILES string of the molecule is CC1=Cc2ccccc2C1C(C)(C)C1C(C)=Cc2c(-c3cc(C(C)(C)C)cc(C(C)(C)C)c3)cccc21. The molecule has 0 saturated heterocycles. The molecule has 0 N–H and O–H groups in total. The molecule has 0 aliphatic heterocycles. The van der Waals surface area contributed by atoms with Gasteiger partial charge in [-0.25, -0.2) is 0 Å². The summed E-state index contributed by atoms with van der Waals surface area (Å²) in [5, 5.41) is 0. The minimum atomic E-state index is 0.0570. The third kappa shape index (κ3) is 4.33. The third-order valence-electron chi connectivity index (χ3n) is 8.89. The van der Waals surface area contributed by atoms with Crippen LogP contribution < -0.4 is 0 Å². The Hall–Kier alpha value is -2.86. The molecular formula is C37H44. The molecule has 0 amide bonds. The molecule has 0 nitrogen and oxygen atoms in total. The summed E-state index contributed by atoms with van der Waals surface area (Å²) in [5.41, 5.74) is 14.5. The van der Waals surface area contributed by atoms with Crippen molar-refractivity contribution >= 4 is 12.2 Å². The van der Waals surface area contributed by atoms with Gasteiger partial charge in [-0.15, -0.1) is 0 Å². The standard InChI is InChI=1S/C37H44/c1-23-18-25-14-11-12-15-30(25)33(23)37(9,10)34-24(2)19-32-29(16-13-17-31(32)34)26-20-27(35(3,4)5)22-28(21-26)36(6,7)8/h11-22,33-34H,1-10H3. The fourth-order valence-electron chi connectivity index (χ4n) is 7.07. The van der Waals surface area contributed by atoms with Gasteiger partial charge in [0.2, 0.25) is 0 Å². The zero-order chi connectivity index (χ0) is 26.9. The predicted molar refractivity (Wildman–Crippen MR) is 162 cm³/mol. The van der Waals surface area contributed by atoms with Gasteiger partial charge in [-0.3, -0.25) is 0 Å². The van der Waals surface area contributed by atoms with Gasteiger partial charge in [0, 0.05) is 11.8 Å². The molecule has 192 valence electrons. The molecule has 0 heterocycles. The van der Waals surface area contributed by atoms with Crippen molar-refractivity contribution < 1.29 is 0 Å². The van der Waals surface area contributed by atoms with Crippen LogP contribution in [0.15, 0.2) is 71.8 Å². The maximum Gasteiger partial charge on any atom is 0.0115 e. The zero-order valence-electron chi connectivity index (χ0n) is 24.6. The number of allylic oxidation sites excluding steroid dienone is 2. The first-order valence-corrected chi connectivity index (χ1v) is 13.9. The monoisotopic (exact) mass is 488 g/mol. The molecule has 3 aromatic rings. The summed E-state index contributed by atoms with van der Waals surface area (Å²) in [6, 6.07) is 23.3. The molecule has 2 atom stereocenters. The van der Waals surface area contributed by atoms with Gasteiger partial charge in [0.15, 0.2) is 0 Å². The predicted octanol–water partition coefficient (Wildman–Crippen LogP) is 10.7. The first-order chi connectivity index (χ1) is 17.2. The Morgan fingerprint density at radius 3 is 1.73 bits per heavy atom. The largest absolute Gasteiger partial charge is 0.0646 e. The fourth-order valence-corrected chi connectivity index (χ4v) is 7.07. The molecule has 0 aromatic heterocycles. The van der Waals surface area contributed by atoms with Gasteiger partial charge in [0.25, 0.3) is 0 Å². The van der Waals surface area contributed by atoms with E-state index in [2.05, 4.69) is 142 Å². The maximum atomic E-state index is 2.48. The summed E-state index contributed by atoms with van der Waals surface area (Å²) in [6.07, 6.45) is 4.89. The Labute approximate surface area is 225 Å². The lowest BCUT2D eigenvalue weighted by atomic mass is 9.62. The normalized spacial score (nSPS) is 19.4. The Kier molecular flexibility index (Phi) is 5.98. The van der Waals surface area contributed by atoms with Gasteiger partial charge in [0.05, 0.1) is 0 Å². The van der Waals surface area contributed by atoms with E-state index < -0.39 is 0 Å². The van der Waals surface area contributed by atoms with E-state index in [-0.39, 0.29) is 16.2 Å². The summed E-state index contributed by atoms with van der Waals surface area (Å²) < 4.78 is 0. The van der Waals surface area contributed by atoms with Crippen molar-refractivity contribution in [3.63, 3.8) is 0 Å². The van der Waals surface area contributed by atoms with Crippen LogP contribution in [0.4, 0.5) is 0 Å². The van der Waals surface area contributed by atoms with Crippen LogP contribution in [0, 0.1) is 5.41 Å². The van der Waals surface area contributed by atoms with Crippen LogP contribution in [0.25, 0.3) is 23.3 Å². The van der Waals surface area contributed by atoms with Crippen molar-refractivity contribution in [2.45, 2.75) is 91.9 Å². The molecule has 2 aliphatic rings. The molecular weight excluding hydrogens is 444 g/mol. The van der Waals surface area contributed by atoms with Crippen LogP contribution in [0.2, 0.25) is 0 Å². The summed E-state index contributed by atoms with van der Waals surface area (Å²) in [5.74, 6) is 0.804. The average molecular weight is 489 g/mol. The van der Waals surface area contributed by atoms with Crippen LogP contribution in [0.5, 0.6) is 0 Å². The van der Waals surface area contributed by atoms with Crippen molar-refractivity contribution in [1.82, 2.24) is 0 Å². The molecule has 0 heteroatoms. The van der Waals surface area contributed by atoms with E-state index in [1.54, 1.807) is 0 Å². The van der Waals surface area contributed by atoms with E-state index >= 15 is 0 Å². The van der Waals surface area contributed by atoms with Crippen molar-refractivity contribution in [2.24, 2.45) is 5.41 Å². The molecule has 3 aromatic carbocycles. The van der Waals surface area contributed by atoms with Crippen LogP contribution in [0.1, 0.15) is 114 Å². The van der Waals surface area contributed by atoms with Gasteiger partial charge < -0.3 is 0 Å². The average Bonchev–Trinajstić information content (AvgIpc) is 3.33. The second-order valence-electron chi connectivity index (χ2n) is 14.2. The lowest BCUT2D eigenvalue weighted by molar-refractivity contribution is 0.275. The topological polar surface area (TPSA) is 0 Å². The second kappa shape index (κ2) is 8.59. The fraction of sp³-hybridized carbons (Fsp3) is 0.405. The molecule has 37 heavy (non-hydrogen) atoms. The van der Waals surface area contributed by atoms with Gasteiger partial charge in [-0.05, 0) is 74.6 Å². The Balaban J connectivity index is 1.65. The van der Waals surface area contributed by atoms with Crippen molar-refractivity contribution in [3.05, 3.63) is 105 Å². The zero-order valence-corrected chi connectivity index (χ0v) is 24.6. The van der Waals surface area contributed by atoms with Gasteiger partial charge in [0.1, 0.15) is 0 Å². The summed E-state index contributed by atoms with van der Waals surface area (Å²) in [7, 11) is 0. The van der Waals surface area contributed by atoms with Gasteiger partial charge in [-0.2, -0.15) is 0 Å². The van der Waals surface area contributed by atoms with Crippen LogP contribution >= 0.6 is 0 Å². The smallest absolute Gasteiger partial charge is 0.0115 e. The Morgan fingerprint density at radius 2 is 1.11 bits per heavy atom. The number of hydrogen-bond acceptors (Lipinski definition) is 0. The molecule has 5 rings (SSSR count). The number of hydrogen-bond donors (Lipinski definition) is 0. The summed E-state index contributed by atoms with van der Waals surface area (Å²) in [6.45, 7) is 23.6. The molecule has 2 unspecified atom stereocenters.